The molecular formula is C11H19N3O2S. The number of H-pyrrole nitrogens is 1. The lowest BCUT2D eigenvalue weighted by atomic mass is 9.89. The van der Waals surface area contributed by atoms with Crippen LogP contribution >= 0.6 is 0 Å². The molecule has 2 N–H and O–H groups in total. The molecule has 1 saturated carbocycles. The quantitative estimate of drug-likeness (QED) is 0.860. The molecule has 0 amide bonds. The maximum Gasteiger partial charge on any atom is 0.243 e. The van der Waals surface area contributed by atoms with Crippen LogP contribution in [0.15, 0.2) is 11.1 Å². The molecule has 1 aliphatic rings. The molecule has 17 heavy (non-hydrogen) atoms. The predicted octanol–water partition coefficient (Wildman–Crippen LogP) is 1.58. The minimum atomic E-state index is -3.42. The Morgan fingerprint density at radius 1 is 1.47 bits per heavy atom. The summed E-state index contributed by atoms with van der Waals surface area (Å²) in [4.78, 5) is 0.249. The molecule has 1 heterocycles. The first-order chi connectivity index (χ1) is 7.93. The van der Waals surface area contributed by atoms with E-state index in [4.69, 9.17) is 0 Å². The van der Waals surface area contributed by atoms with Gasteiger partial charge in [-0.05, 0) is 25.2 Å². The van der Waals surface area contributed by atoms with Crippen LogP contribution in [0.3, 0.4) is 0 Å². The van der Waals surface area contributed by atoms with Crippen molar-refractivity contribution in [3.63, 3.8) is 0 Å². The third-order valence-electron chi connectivity index (χ3n) is 3.57. The van der Waals surface area contributed by atoms with Gasteiger partial charge in [-0.1, -0.05) is 19.8 Å². The summed E-state index contributed by atoms with van der Waals surface area (Å²) < 4.78 is 26.8. The van der Waals surface area contributed by atoms with Gasteiger partial charge in [0.2, 0.25) is 10.0 Å². The Balaban J connectivity index is 2.06. The van der Waals surface area contributed by atoms with E-state index in [1.807, 2.05) is 0 Å². The fourth-order valence-electron chi connectivity index (χ4n) is 2.36. The van der Waals surface area contributed by atoms with Crippen molar-refractivity contribution in [3.8, 4) is 0 Å². The Labute approximate surface area is 102 Å². The highest BCUT2D eigenvalue weighted by Gasteiger charge is 2.30. The third-order valence-corrected chi connectivity index (χ3v) is 5.09. The average Bonchev–Trinajstić information content (AvgIpc) is 2.86. The van der Waals surface area contributed by atoms with Gasteiger partial charge in [-0.2, -0.15) is 5.10 Å². The van der Waals surface area contributed by atoms with Crippen molar-refractivity contribution in [1.82, 2.24) is 14.9 Å². The number of nitrogens with zero attached hydrogens (tertiary/aromatic N) is 1. The zero-order valence-electron chi connectivity index (χ0n) is 10.3. The highest BCUT2D eigenvalue weighted by molar-refractivity contribution is 7.89. The van der Waals surface area contributed by atoms with Crippen molar-refractivity contribution in [3.05, 3.63) is 11.9 Å². The zero-order valence-corrected chi connectivity index (χ0v) is 11.1. The highest BCUT2D eigenvalue weighted by atomic mass is 32.2. The molecule has 0 atom stereocenters. The fraction of sp³-hybridized carbons (Fsp3) is 0.727. The van der Waals surface area contributed by atoms with Gasteiger partial charge >= 0.3 is 0 Å². The first-order valence-electron chi connectivity index (χ1n) is 5.93. The lowest BCUT2D eigenvalue weighted by Gasteiger charge is -2.23. The summed E-state index contributed by atoms with van der Waals surface area (Å²) in [6, 6.07) is 0. The normalized spacial score (nSPS) is 19.6. The summed E-state index contributed by atoms with van der Waals surface area (Å²) in [5.41, 5.74) is 0.694. The van der Waals surface area contributed by atoms with Crippen molar-refractivity contribution >= 4 is 10.0 Å². The van der Waals surface area contributed by atoms with E-state index < -0.39 is 10.0 Å². The van der Waals surface area contributed by atoms with Crippen LogP contribution < -0.4 is 4.72 Å². The maximum absolute atomic E-state index is 12.0. The van der Waals surface area contributed by atoms with E-state index in [0.717, 1.165) is 12.8 Å². The first kappa shape index (κ1) is 12.6. The Morgan fingerprint density at radius 2 is 2.12 bits per heavy atom. The summed E-state index contributed by atoms with van der Waals surface area (Å²) in [5.74, 6) is 0. The summed E-state index contributed by atoms with van der Waals surface area (Å²) in [7, 11) is -3.42. The molecule has 6 heteroatoms. The Kier molecular flexibility index (Phi) is 3.27. The molecule has 1 fully saturated rings. The average molecular weight is 257 g/mol. The van der Waals surface area contributed by atoms with Gasteiger partial charge in [0.15, 0.2) is 0 Å². The molecule has 0 bridgehead atoms. The van der Waals surface area contributed by atoms with E-state index in [0.29, 0.717) is 12.2 Å². The molecule has 0 unspecified atom stereocenters. The van der Waals surface area contributed by atoms with Crippen LogP contribution in [0.2, 0.25) is 0 Å². The second-order valence-corrected chi connectivity index (χ2v) is 6.94. The van der Waals surface area contributed by atoms with Crippen LogP contribution in [-0.4, -0.2) is 25.2 Å². The molecule has 1 aromatic rings. The molecule has 0 aromatic carbocycles. The Bertz CT molecular complexity index is 487. The minimum absolute atomic E-state index is 0.116. The van der Waals surface area contributed by atoms with Gasteiger partial charge in [-0.25, -0.2) is 13.1 Å². The topological polar surface area (TPSA) is 74.8 Å². The molecule has 5 nitrogen and oxygen atoms in total. The SMILES string of the molecule is Cc1[nH]ncc1S(=O)(=O)NCC1(C)CCCC1. The first-order valence-corrected chi connectivity index (χ1v) is 7.41. The monoisotopic (exact) mass is 257 g/mol. The lowest BCUT2D eigenvalue weighted by molar-refractivity contribution is 0.336. The summed E-state index contributed by atoms with van der Waals surface area (Å²) in [6.45, 7) is 4.36. The van der Waals surface area contributed by atoms with E-state index in [1.54, 1.807) is 6.92 Å². The molecule has 0 aliphatic heterocycles. The molecule has 1 aromatic heterocycles. The number of hydrogen-bond donors (Lipinski definition) is 2. The maximum atomic E-state index is 12.0. The van der Waals surface area contributed by atoms with Crippen molar-refractivity contribution < 1.29 is 8.42 Å². The van der Waals surface area contributed by atoms with Crippen LogP contribution in [0.25, 0.3) is 0 Å². The van der Waals surface area contributed by atoms with E-state index >= 15 is 0 Å². The Hall–Kier alpha value is -0.880. The number of hydrogen-bond acceptors (Lipinski definition) is 3. The molecule has 0 spiro atoms. The molecule has 96 valence electrons. The van der Waals surface area contributed by atoms with Gasteiger partial charge in [-0.3, -0.25) is 5.10 Å². The standard InChI is InChI=1S/C11H19N3O2S/c1-9-10(7-12-14-9)17(15,16)13-8-11(2)5-3-4-6-11/h7,13H,3-6,8H2,1-2H3,(H,12,14). The van der Waals surface area contributed by atoms with Crippen LogP contribution in [0.5, 0.6) is 0 Å². The molecule has 0 radical (unpaired) electrons. The number of aryl methyl sites for hydroxylation is 1. The largest absolute Gasteiger partial charge is 0.281 e. The molecule has 2 rings (SSSR count). The summed E-state index contributed by atoms with van der Waals surface area (Å²) >= 11 is 0. The van der Waals surface area contributed by atoms with E-state index in [1.165, 1.54) is 19.0 Å². The van der Waals surface area contributed by atoms with E-state index in [2.05, 4.69) is 21.8 Å². The van der Waals surface area contributed by atoms with E-state index in [-0.39, 0.29) is 10.3 Å². The van der Waals surface area contributed by atoms with Crippen molar-refractivity contribution in [2.45, 2.75) is 44.4 Å². The number of sulfonamides is 1. The van der Waals surface area contributed by atoms with Crippen LogP contribution in [0.1, 0.15) is 38.3 Å². The second kappa shape index (κ2) is 4.42. The smallest absolute Gasteiger partial charge is 0.243 e. The fourth-order valence-corrected chi connectivity index (χ4v) is 3.70. The van der Waals surface area contributed by atoms with Crippen molar-refractivity contribution in [2.75, 3.05) is 6.54 Å². The third kappa shape index (κ3) is 2.69. The van der Waals surface area contributed by atoms with Gasteiger partial charge < -0.3 is 0 Å². The predicted molar refractivity (Wildman–Crippen MR) is 65.1 cm³/mol. The van der Waals surface area contributed by atoms with Crippen molar-refractivity contribution in [1.29, 1.82) is 0 Å². The van der Waals surface area contributed by atoms with Gasteiger partial charge in [0.1, 0.15) is 4.90 Å². The zero-order chi connectivity index (χ0) is 12.5. The Morgan fingerprint density at radius 3 is 2.65 bits per heavy atom. The highest BCUT2D eigenvalue weighted by Crippen LogP contribution is 2.36. The molecular weight excluding hydrogens is 238 g/mol. The number of aromatic amines is 1. The van der Waals surface area contributed by atoms with Gasteiger partial charge in [-0.15, -0.1) is 0 Å². The molecule has 0 saturated heterocycles. The van der Waals surface area contributed by atoms with Gasteiger partial charge in [0.05, 0.1) is 11.9 Å². The van der Waals surface area contributed by atoms with Crippen LogP contribution in [0, 0.1) is 12.3 Å². The summed E-state index contributed by atoms with van der Waals surface area (Å²) in [6.07, 6.45) is 5.94. The van der Waals surface area contributed by atoms with Gasteiger partial charge in [0, 0.05) is 6.54 Å². The van der Waals surface area contributed by atoms with Gasteiger partial charge in [0.25, 0.3) is 0 Å². The number of nitrogens with one attached hydrogen (secondary N) is 2. The number of rotatable bonds is 4. The lowest BCUT2D eigenvalue weighted by Crippen LogP contribution is -2.34. The van der Waals surface area contributed by atoms with Crippen LogP contribution in [0.4, 0.5) is 0 Å². The number of aromatic nitrogens is 2. The van der Waals surface area contributed by atoms with Crippen molar-refractivity contribution in [2.24, 2.45) is 5.41 Å². The summed E-state index contributed by atoms with van der Waals surface area (Å²) in [5, 5.41) is 6.38. The van der Waals surface area contributed by atoms with E-state index in [9.17, 15) is 8.42 Å². The van der Waals surface area contributed by atoms with Crippen LogP contribution in [-0.2, 0) is 10.0 Å². The second-order valence-electron chi connectivity index (χ2n) is 5.20. The minimum Gasteiger partial charge on any atom is -0.281 e. The molecule has 1 aliphatic carbocycles.